The lowest BCUT2D eigenvalue weighted by atomic mass is 9.58. The van der Waals surface area contributed by atoms with E-state index < -0.39 is 0 Å². The predicted molar refractivity (Wildman–Crippen MR) is 90.6 cm³/mol. The standard InChI is InChI=1S/C17H29N5O2/c1-5-17(6-2)12(10-13(17)24-4)21(3)16(23)18-11-15-20-19-14-8-7-9-22(14)15/h12-13H,5-11H2,1-4H3,(H,18,23)/t12-,13+/m1/s1. The van der Waals surface area contributed by atoms with Crippen LogP contribution in [0.2, 0.25) is 0 Å². The molecule has 0 unspecified atom stereocenters. The summed E-state index contributed by atoms with van der Waals surface area (Å²) in [5.74, 6) is 1.88. The van der Waals surface area contributed by atoms with Crippen LogP contribution in [0.15, 0.2) is 0 Å². The summed E-state index contributed by atoms with van der Waals surface area (Å²) in [6, 6.07) is 0.178. The SMILES string of the molecule is CCC1(CC)[C@@H](OC)C[C@H]1N(C)C(=O)NCc1nnc2n1CCC2. The number of aryl methyl sites for hydroxylation is 1. The molecule has 2 heterocycles. The first-order valence-corrected chi connectivity index (χ1v) is 9.01. The van der Waals surface area contributed by atoms with Crippen LogP contribution >= 0.6 is 0 Å². The maximum Gasteiger partial charge on any atom is 0.317 e. The smallest absolute Gasteiger partial charge is 0.317 e. The number of nitrogens with one attached hydrogen (secondary N) is 1. The summed E-state index contributed by atoms with van der Waals surface area (Å²) in [5, 5.41) is 11.4. The van der Waals surface area contributed by atoms with Gasteiger partial charge in [0.15, 0.2) is 5.82 Å². The van der Waals surface area contributed by atoms with E-state index in [2.05, 4.69) is 33.9 Å². The van der Waals surface area contributed by atoms with Gasteiger partial charge in [0.1, 0.15) is 5.82 Å². The maximum atomic E-state index is 12.6. The van der Waals surface area contributed by atoms with Gasteiger partial charge in [-0.25, -0.2) is 4.79 Å². The Bertz CT molecular complexity index is 596. The first-order chi connectivity index (χ1) is 11.6. The number of carbonyl (C=O) groups is 1. The molecule has 3 rings (SSSR count). The number of urea groups is 1. The van der Waals surface area contributed by atoms with Gasteiger partial charge in [-0.1, -0.05) is 13.8 Å². The van der Waals surface area contributed by atoms with Crippen LogP contribution in [0.5, 0.6) is 0 Å². The molecule has 1 aromatic heterocycles. The van der Waals surface area contributed by atoms with Gasteiger partial charge in [-0.15, -0.1) is 10.2 Å². The Hall–Kier alpha value is -1.63. The van der Waals surface area contributed by atoms with Crippen LogP contribution in [0.4, 0.5) is 4.79 Å². The highest BCUT2D eigenvalue weighted by atomic mass is 16.5. The molecule has 2 atom stereocenters. The van der Waals surface area contributed by atoms with E-state index in [-0.39, 0.29) is 23.6 Å². The second kappa shape index (κ2) is 6.70. The fourth-order valence-electron chi connectivity index (χ4n) is 4.54. The zero-order valence-corrected chi connectivity index (χ0v) is 15.2. The molecule has 0 saturated heterocycles. The Morgan fingerprint density at radius 3 is 2.83 bits per heavy atom. The van der Waals surface area contributed by atoms with E-state index in [1.54, 1.807) is 7.11 Å². The van der Waals surface area contributed by atoms with Gasteiger partial charge in [0.05, 0.1) is 12.6 Å². The van der Waals surface area contributed by atoms with Crippen molar-refractivity contribution in [1.29, 1.82) is 0 Å². The zero-order valence-electron chi connectivity index (χ0n) is 15.2. The van der Waals surface area contributed by atoms with Gasteiger partial charge in [0, 0.05) is 38.6 Å². The minimum Gasteiger partial charge on any atom is -0.381 e. The highest BCUT2D eigenvalue weighted by Crippen LogP contribution is 2.50. The second-order valence-electron chi connectivity index (χ2n) is 6.97. The van der Waals surface area contributed by atoms with Gasteiger partial charge < -0.3 is 19.5 Å². The van der Waals surface area contributed by atoms with Crippen LogP contribution in [-0.4, -0.2) is 52.0 Å². The molecule has 7 nitrogen and oxygen atoms in total. The van der Waals surface area contributed by atoms with Crippen molar-refractivity contribution in [2.75, 3.05) is 14.2 Å². The number of nitrogens with zero attached hydrogens (tertiary/aromatic N) is 4. The lowest BCUT2D eigenvalue weighted by Crippen LogP contribution is -2.65. The molecule has 134 valence electrons. The highest BCUT2D eigenvalue weighted by molar-refractivity contribution is 5.74. The molecule has 1 saturated carbocycles. The molecule has 24 heavy (non-hydrogen) atoms. The second-order valence-corrected chi connectivity index (χ2v) is 6.97. The van der Waals surface area contributed by atoms with Gasteiger partial charge in [-0.05, 0) is 25.7 Å². The topological polar surface area (TPSA) is 72.3 Å². The van der Waals surface area contributed by atoms with E-state index in [4.69, 9.17) is 4.74 Å². The van der Waals surface area contributed by atoms with E-state index in [0.29, 0.717) is 6.54 Å². The highest BCUT2D eigenvalue weighted by Gasteiger charge is 2.55. The fraction of sp³-hybridized carbons (Fsp3) is 0.824. The van der Waals surface area contributed by atoms with E-state index in [9.17, 15) is 4.79 Å². The Kier molecular flexibility index (Phi) is 4.80. The van der Waals surface area contributed by atoms with Crippen molar-refractivity contribution in [2.45, 2.75) is 71.2 Å². The molecule has 0 bridgehead atoms. The van der Waals surface area contributed by atoms with Crippen molar-refractivity contribution < 1.29 is 9.53 Å². The zero-order chi connectivity index (χ0) is 17.3. The summed E-state index contributed by atoms with van der Waals surface area (Å²) in [6.07, 6.45) is 5.28. The summed E-state index contributed by atoms with van der Waals surface area (Å²) >= 11 is 0. The molecule has 2 amide bonds. The third-order valence-corrected chi connectivity index (χ3v) is 6.21. The number of methoxy groups -OCH3 is 1. The molecule has 1 aromatic rings. The predicted octanol–water partition coefficient (Wildman–Crippen LogP) is 1.96. The van der Waals surface area contributed by atoms with Crippen LogP contribution in [-0.2, 0) is 24.2 Å². The molecule has 0 aromatic carbocycles. The van der Waals surface area contributed by atoms with Gasteiger partial charge in [0.25, 0.3) is 0 Å². The molecular formula is C17H29N5O2. The third-order valence-electron chi connectivity index (χ3n) is 6.21. The van der Waals surface area contributed by atoms with Crippen molar-refractivity contribution in [3.05, 3.63) is 11.6 Å². The van der Waals surface area contributed by atoms with Crippen molar-refractivity contribution in [3.63, 3.8) is 0 Å². The molecule has 1 aliphatic heterocycles. The Balaban J connectivity index is 1.60. The average Bonchev–Trinajstić information content (AvgIpc) is 3.17. The van der Waals surface area contributed by atoms with Crippen LogP contribution in [0.25, 0.3) is 0 Å². The molecule has 1 N–H and O–H groups in total. The normalized spacial score (nSPS) is 24.3. The fourth-order valence-corrected chi connectivity index (χ4v) is 4.54. The lowest BCUT2D eigenvalue weighted by molar-refractivity contribution is -0.146. The third kappa shape index (κ3) is 2.59. The van der Waals surface area contributed by atoms with Crippen molar-refractivity contribution in [1.82, 2.24) is 25.0 Å². The number of carbonyl (C=O) groups excluding carboxylic acids is 1. The maximum absolute atomic E-state index is 12.6. The molecule has 7 heteroatoms. The molecular weight excluding hydrogens is 306 g/mol. The van der Waals surface area contributed by atoms with E-state index in [1.165, 1.54) is 0 Å². The van der Waals surface area contributed by atoms with Crippen LogP contribution < -0.4 is 5.32 Å². The van der Waals surface area contributed by atoms with Crippen LogP contribution in [0.1, 0.15) is 51.2 Å². The van der Waals surface area contributed by atoms with Crippen molar-refractivity contribution in [2.24, 2.45) is 5.41 Å². The quantitative estimate of drug-likeness (QED) is 0.862. The van der Waals surface area contributed by atoms with E-state index in [0.717, 1.165) is 50.3 Å². The minimum absolute atomic E-state index is 0.0452. The number of hydrogen-bond donors (Lipinski definition) is 1. The molecule has 0 radical (unpaired) electrons. The first kappa shape index (κ1) is 17.2. The number of fused-ring (bicyclic) bond motifs is 1. The molecule has 1 fully saturated rings. The Morgan fingerprint density at radius 1 is 1.42 bits per heavy atom. The van der Waals surface area contributed by atoms with Crippen molar-refractivity contribution >= 4 is 6.03 Å². The Labute approximate surface area is 143 Å². The number of rotatable bonds is 6. The largest absolute Gasteiger partial charge is 0.381 e. The summed E-state index contributed by atoms with van der Waals surface area (Å²) in [5.41, 5.74) is 0.0664. The number of hydrogen-bond acceptors (Lipinski definition) is 4. The summed E-state index contributed by atoms with van der Waals surface area (Å²) in [6.45, 7) is 5.76. The number of aromatic nitrogens is 3. The summed E-state index contributed by atoms with van der Waals surface area (Å²) < 4.78 is 7.75. The molecule has 2 aliphatic rings. The Morgan fingerprint density at radius 2 is 2.17 bits per heavy atom. The van der Waals surface area contributed by atoms with Crippen LogP contribution in [0.3, 0.4) is 0 Å². The van der Waals surface area contributed by atoms with Gasteiger partial charge in [-0.2, -0.15) is 0 Å². The van der Waals surface area contributed by atoms with Crippen molar-refractivity contribution in [3.8, 4) is 0 Å². The minimum atomic E-state index is -0.0452. The molecule has 0 spiro atoms. The van der Waals surface area contributed by atoms with Gasteiger partial charge in [0.2, 0.25) is 0 Å². The van der Waals surface area contributed by atoms with Crippen LogP contribution in [0, 0.1) is 5.41 Å². The van der Waals surface area contributed by atoms with Gasteiger partial charge >= 0.3 is 6.03 Å². The molecule has 1 aliphatic carbocycles. The average molecular weight is 335 g/mol. The van der Waals surface area contributed by atoms with E-state index in [1.807, 2.05) is 11.9 Å². The number of amides is 2. The van der Waals surface area contributed by atoms with Gasteiger partial charge in [-0.3, -0.25) is 0 Å². The van der Waals surface area contributed by atoms with E-state index >= 15 is 0 Å². The summed E-state index contributed by atoms with van der Waals surface area (Å²) in [4.78, 5) is 14.5. The summed E-state index contributed by atoms with van der Waals surface area (Å²) in [7, 11) is 3.66. The number of ether oxygens (including phenoxy) is 1. The first-order valence-electron chi connectivity index (χ1n) is 9.01. The lowest BCUT2D eigenvalue weighted by Gasteiger charge is -2.57. The monoisotopic (exact) mass is 335 g/mol.